The molecular formula is C24H35N3O2. The van der Waals surface area contributed by atoms with Crippen molar-refractivity contribution in [3.8, 4) is 0 Å². The molecule has 2 aliphatic heterocycles. The van der Waals surface area contributed by atoms with E-state index >= 15 is 0 Å². The van der Waals surface area contributed by atoms with Crippen molar-refractivity contribution in [1.82, 2.24) is 14.7 Å². The van der Waals surface area contributed by atoms with E-state index in [2.05, 4.69) is 51.1 Å². The third-order valence-corrected chi connectivity index (χ3v) is 6.58. The van der Waals surface area contributed by atoms with Gasteiger partial charge in [-0.3, -0.25) is 14.7 Å². The molecular weight excluding hydrogens is 362 g/mol. The number of aliphatic hydroxyl groups excluding tert-OH is 1. The summed E-state index contributed by atoms with van der Waals surface area (Å²) in [7, 11) is 0. The van der Waals surface area contributed by atoms with Crippen LogP contribution in [0, 0.1) is 6.92 Å². The molecule has 2 aromatic rings. The van der Waals surface area contributed by atoms with Crippen molar-refractivity contribution in [2.24, 2.45) is 0 Å². The Labute approximate surface area is 174 Å². The highest BCUT2D eigenvalue weighted by Crippen LogP contribution is 2.24. The first-order chi connectivity index (χ1) is 14.2. The van der Waals surface area contributed by atoms with Gasteiger partial charge in [-0.15, -0.1) is 0 Å². The van der Waals surface area contributed by atoms with Crippen LogP contribution >= 0.6 is 0 Å². The van der Waals surface area contributed by atoms with Gasteiger partial charge in [0.15, 0.2) is 0 Å². The van der Waals surface area contributed by atoms with Crippen molar-refractivity contribution in [3.05, 3.63) is 59.5 Å². The van der Waals surface area contributed by atoms with Gasteiger partial charge in [0.1, 0.15) is 11.5 Å². The summed E-state index contributed by atoms with van der Waals surface area (Å²) in [5.41, 5.74) is 1.41. The second-order valence-electron chi connectivity index (χ2n) is 8.64. The summed E-state index contributed by atoms with van der Waals surface area (Å²) < 4.78 is 5.79. The van der Waals surface area contributed by atoms with Gasteiger partial charge >= 0.3 is 0 Å². The fourth-order valence-corrected chi connectivity index (χ4v) is 4.93. The smallest absolute Gasteiger partial charge is 0.118 e. The zero-order chi connectivity index (χ0) is 20.1. The molecule has 2 fully saturated rings. The van der Waals surface area contributed by atoms with E-state index < -0.39 is 0 Å². The molecule has 0 spiro atoms. The van der Waals surface area contributed by atoms with E-state index in [1.54, 1.807) is 0 Å². The summed E-state index contributed by atoms with van der Waals surface area (Å²) in [4.78, 5) is 7.77. The van der Waals surface area contributed by atoms with Crippen LogP contribution in [-0.2, 0) is 13.1 Å². The lowest BCUT2D eigenvalue weighted by atomic mass is 9.99. The van der Waals surface area contributed by atoms with Crippen LogP contribution in [0.5, 0.6) is 0 Å². The summed E-state index contributed by atoms with van der Waals surface area (Å²) in [6, 6.07) is 16.0. The lowest BCUT2D eigenvalue weighted by Crippen LogP contribution is -2.57. The normalized spacial score (nSPS) is 22.9. The molecule has 1 atom stereocenters. The topological polar surface area (TPSA) is 43.1 Å². The maximum Gasteiger partial charge on any atom is 0.118 e. The first-order valence-corrected chi connectivity index (χ1v) is 11.1. The van der Waals surface area contributed by atoms with Gasteiger partial charge in [0.2, 0.25) is 0 Å². The summed E-state index contributed by atoms with van der Waals surface area (Å²) in [6.45, 7) is 9.74. The molecule has 4 rings (SSSR count). The number of hydrogen-bond donors (Lipinski definition) is 1. The number of piperazine rings is 1. The summed E-state index contributed by atoms with van der Waals surface area (Å²) >= 11 is 0. The molecule has 29 heavy (non-hydrogen) atoms. The molecule has 5 nitrogen and oxygen atoms in total. The number of aryl methyl sites for hydroxylation is 1. The van der Waals surface area contributed by atoms with Crippen LogP contribution < -0.4 is 0 Å². The molecule has 0 radical (unpaired) electrons. The third kappa shape index (κ3) is 5.48. The van der Waals surface area contributed by atoms with Gasteiger partial charge in [-0.1, -0.05) is 30.3 Å². The molecule has 1 aromatic heterocycles. The summed E-state index contributed by atoms with van der Waals surface area (Å²) in [6.07, 6.45) is 3.33. The highest BCUT2D eigenvalue weighted by Gasteiger charge is 2.32. The Balaban J connectivity index is 1.28. The number of furan rings is 1. The van der Waals surface area contributed by atoms with E-state index in [4.69, 9.17) is 4.42 Å². The van der Waals surface area contributed by atoms with E-state index in [1.807, 2.05) is 13.0 Å². The second-order valence-corrected chi connectivity index (χ2v) is 8.64. The Morgan fingerprint density at radius 2 is 1.76 bits per heavy atom. The number of likely N-dealkylation sites (tertiary alicyclic amines) is 1. The van der Waals surface area contributed by atoms with Crippen molar-refractivity contribution in [1.29, 1.82) is 0 Å². The molecule has 1 N–H and O–H groups in total. The van der Waals surface area contributed by atoms with E-state index in [0.29, 0.717) is 12.1 Å². The van der Waals surface area contributed by atoms with Crippen LogP contribution in [0.25, 0.3) is 0 Å². The van der Waals surface area contributed by atoms with E-state index in [-0.39, 0.29) is 6.61 Å². The van der Waals surface area contributed by atoms with Gasteiger partial charge < -0.3 is 9.52 Å². The molecule has 0 unspecified atom stereocenters. The molecule has 5 heteroatoms. The highest BCUT2D eigenvalue weighted by atomic mass is 16.3. The Bertz CT molecular complexity index is 740. The third-order valence-electron chi connectivity index (χ3n) is 6.58. The Hall–Kier alpha value is -1.66. The second kappa shape index (κ2) is 9.90. The zero-order valence-corrected chi connectivity index (χ0v) is 17.7. The largest absolute Gasteiger partial charge is 0.465 e. The Kier molecular flexibility index (Phi) is 7.03. The van der Waals surface area contributed by atoms with Gasteiger partial charge in [0.25, 0.3) is 0 Å². The number of nitrogens with zero attached hydrogens (tertiary/aromatic N) is 3. The quantitative estimate of drug-likeness (QED) is 0.778. The monoisotopic (exact) mass is 397 g/mol. The maximum absolute atomic E-state index is 9.60. The van der Waals surface area contributed by atoms with Crippen LogP contribution in [0.1, 0.15) is 36.3 Å². The first-order valence-electron chi connectivity index (χ1n) is 11.1. The minimum atomic E-state index is 0.252. The van der Waals surface area contributed by atoms with Crippen molar-refractivity contribution in [2.45, 2.75) is 51.4 Å². The predicted octanol–water partition coefficient (Wildman–Crippen LogP) is 3.12. The molecule has 0 aliphatic carbocycles. The van der Waals surface area contributed by atoms with Crippen LogP contribution in [0.3, 0.4) is 0 Å². The average molecular weight is 398 g/mol. The van der Waals surface area contributed by atoms with E-state index in [1.165, 1.54) is 31.5 Å². The maximum atomic E-state index is 9.60. The van der Waals surface area contributed by atoms with Crippen molar-refractivity contribution >= 4 is 0 Å². The first kappa shape index (κ1) is 20.6. The number of benzene rings is 1. The Morgan fingerprint density at radius 1 is 0.966 bits per heavy atom. The number of hydrogen-bond acceptors (Lipinski definition) is 5. The molecule has 1 aromatic carbocycles. The van der Waals surface area contributed by atoms with Gasteiger partial charge in [0.05, 0.1) is 6.54 Å². The number of aliphatic hydroxyl groups is 1. The SMILES string of the molecule is Cc1ccc(CN2CCN(C3CCN(Cc4ccccc4)CC3)C[C@@H]2CCO)o1. The van der Waals surface area contributed by atoms with Crippen LogP contribution in [-0.4, -0.2) is 71.2 Å². The molecule has 2 saturated heterocycles. The molecule has 0 amide bonds. The van der Waals surface area contributed by atoms with E-state index in [9.17, 15) is 5.11 Å². The van der Waals surface area contributed by atoms with Gasteiger partial charge in [0, 0.05) is 44.9 Å². The van der Waals surface area contributed by atoms with Gasteiger partial charge in [-0.25, -0.2) is 0 Å². The lowest BCUT2D eigenvalue weighted by Gasteiger charge is -2.46. The van der Waals surface area contributed by atoms with Crippen LogP contribution in [0.15, 0.2) is 46.9 Å². The standard InChI is InChI=1S/C24H35N3O2/c1-20-7-8-24(29-20)19-27-15-14-26(18-23(27)11-16-28)22-9-12-25(13-10-22)17-21-5-3-2-4-6-21/h2-8,22-23,28H,9-19H2,1H3/t23-/m0/s1. The van der Waals surface area contributed by atoms with Crippen LogP contribution in [0.2, 0.25) is 0 Å². The van der Waals surface area contributed by atoms with Crippen molar-refractivity contribution in [3.63, 3.8) is 0 Å². The summed E-state index contributed by atoms with van der Waals surface area (Å²) in [5.74, 6) is 2.01. The highest BCUT2D eigenvalue weighted by molar-refractivity contribution is 5.14. The predicted molar refractivity (Wildman–Crippen MR) is 116 cm³/mol. The molecule has 0 saturated carbocycles. The molecule has 3 heterocycles. The fourth-order valence-electron chi connectivity index (χ4n) is 4.93. The summed E-state index contributed by atoms with van der Waals surface area (Å²) in [5, 5.41) is 9.60. The minimum absolute atomic E-state index is 0.252. The lowest BCUT2D eigenvalue weighted by molar-refractivity contribution is 0.00961. The molecule has 158 valence electrons. The van der Waals surface area contributed by atoms with Crippen LogP contribution in [0.4, 0.5) is 0 Å². The van der Waals surface area contributed by atoms with Gasteiger partial charge in [-0.05, 0) is 57.0 Å². The fraction of sp³-hybridized carbons (Fsp3) is 0.583. The average Bonchev–Trinajstić information content (AvgIpc) is 3.15. The number of rotatable bonds is 7. The molecule has 2 aliphatic rings. The van der Waals surface area contributed by atoms with Crippen molar-refractivity contribution in [2.75, 3.05) is 39.3 Å². The van der Waals surface area contributed by atoms with Crippen molar-refractivity contribution < 1.29 is 9.52 Å². The van der Waals surface area contributed by atoms with E-state index in [0.717, 1.165) is 50.7 Å². The molecule has 0 bridgehead atoms. The van der Waals surface area contributed by atoms with Gasteiger partial charge in [-0.2, -0.15) is 0 Å². The minimum Gasteiger partial charge on any atom is -0.465 e. The zero-order valence-electron chi connectivity index (χ0n) is 17.7. The number of piperidine rings is 1. The Morgan fingerprint density at radius 3 is 2.45 bits per heavy atom.